The first-order valence-electron chi connectivity index (χ1n) is 10.6. The van der Waals surface area contributed by atoms with Gasteiger partial charge in [-0.25, -0.2) is 4.79 Å². The highest BCUT2D eigenvalue weighted by Gasteiger charge is 2.18. The Hall–Kier alpha value is -4.85. The van der Waals surface area contributed by atoms with Gasteiger partial charge in [-0.3, -0.25) is 10.1 Å². The minimum atomic E-state index is -0.585. The largest absolute Gasteiger partial charge is 0.506 e. The molecule has 3 N–H and O–H groups in total. The summed E-state index contributed by atoms with van der Waals surface area (Å²) >= 11 is 0. The van der Waals surface area contributed by atoms with Crippen LogP contribution < -0.4 is 15.2 Å². The fraction of sp³-hybridized carbons (Fsp3) is 0.0741. The minimum Gasteiger partial charge on any atom is -0.506 e. The van der Waals surface area contributed by atoms with E-state index in [1.807, 2.05) is 43.3 Å². The first-order valence-corrected chi connectivity index (χ1v) is 10.6. The minimum absolute atomic E-state index is 0.0811. The number of phenolic OH excluding ortho intramolecular Hbond substituents is 1. The zero-order valence-corrected chi connectivity index (χ0v) is 19.0. The van der Waals surface area contributed by atoms with E-state index in [9.17, 15) is 14.9 Å². The number of hydrogen-bond donors (Lipinski definition) is 2. The van der Waals surface area contributed by atoms with E-state index in [-0.39, 0.29) is 29.5 Å². The van der Waals surface area contributed by atoms with E-state index >= 15 is 0 Å². The summed E-state index contributed by atoms with van der Waals surface area (Å²) in [5.74, 6) is -0.241. The third-order valence-corrected chi connectivity index (χ3v) is 4.77. The molecule has 0 spiro atoms. The number of nitrogen functional groups attached to an aromatic ring is 1. The number of nitro benzene ring substituents is 1. The number of nitrogens with zero attached hydrogens (tertiary/aromatic N) is 1. The number of esters is 1. The Morgan fingerprint density at radius 3 is 2.20 bits per heavy atom. The Morgan fingerprint density at radius 1 is 0.943 bits per heavy atom. The quantitative estimate of drug-likeness (QED) is 0.0924. The van der Waals surface area contributed by atoms with Gasteiger partial charge in [-0.15, -0.1) is 0 Å². The van der Waals surface area contributed by atoms with Gasteiger partial charge in [-0.1, -0.05) is 54.6 Å². The zero-order chi connectivity index (χ0) is 25.2. The highest BCUT2D eigenvalue weighted by Crippen LogP contribution is 2.32. The van der Waals surface area contributed by atoms with Crippen LogP contribution in [0.2, 0.25) is 0 Å². The number of nitrogens with two attached hydrogens (primary N) is 1. The van der Waals surface area contributed by atoms with E-state index in [2.05, 4.69) is 0 Å². The monoisotopic (exact) mass is 472 g/mol. The third kappa shape index (κ3) is 7.33. The summed E-state index contributed by atoms with van der Waals surface area (Å²) in [7, 11) is 0. The molecule has 4 aromatic carbocycles. The SMILES string of the molecule is Cc1ccc(O)c(N)c1.O=C(Oc1ccc(OCc2ccccc2)c([N+](=O)[O-])c1)c1ccccc1. The van der Waals surface area contributed by atoms with Gasteiger partial charge in [0.05, 0.1) is 22.2 Å². The Morgan fingerprint density at radius 2 is 1.60 bits per heavy atom. The molecule has 0 aliphatic heterocycles. The van der Waals surface area contributed by atoms with Gasteiger partial charge in [0.2, 0.25) is 0 Å². The van der Waals surface area contributed by atoms with Crippen LogP contribution >= 0.6 is 0 Å². The van der Waals surface area contributed by atoms with Crippen LogP contribution in [-0.4, -0.2) is 16.0 Å². The molecule has 0 unspecified atom stereocenters. The second-order valence-electron chi connectivity index (χ2n) is 7.48. The fourth-order valence-corrected chi connectivity index (χ4v) is 2.97. The standard InChI is InChI=1S/C20H15NO5.C7H9NO/c22-20(16-9-5-2-6-10-16)26-17-11-12-19(18(13-17)21(23)24)25-14-15-7-3-1-4-8-15;1-5-2-3-7(9)6(8)4-5/h1-13H,14H2;2-4,9H,8H2,1H3. The average Bonchev–Trinajstić information content (AvgIpc) is 2.87. The Labute approximate surface area is 202 Å². The number of rotatable bonds is 6. The van der Waals surface area contributed by atoms with Gasteiger partial charge in [-0.2, -0.15) is 0 Å². The predicted octanol–water partition coefficient (Wildman–Crippen LogP) is 5.68. The lowest BCUT2D eigenvalue weighted by atomic mass is 10.2. The molecule has 0 atom stereocenters. The molecule has 178 valence electrons. The molecule has 35 heavy (non-hydrogen) atoms. The summed E-state index contributed by atoms with van der Waals surface area (Å²) in [5, 5.41) is 20.2. The van der Waals surface area contributed by atoms with Crippen LogP contribution in [0, 0.1) is 17.0 Å². The van der Waals surface area contributed by atoms with Crippen LogP contribution in [0.5, 0.6) is 17.2 Å². The summed E-state index contributed by atoms with van der Waals surface area (Å²) in [5.41, 5.74) is 7.86. The fourth-order valence-electron chi connectivity index (χ4n) is 2.97. The summed E-state index contributed by atoms with van der Waals surface area (Å²) in [6, 6.07) is 26.9. The highest BCUT2D eigenvalue weighted by atomic mass is 16.6. The van der Waals surface area contributed by atoms with Crippen molar-refractivity contribution in [3.63, 3.8) is 0 Å². The van der Waals surface area contributed by atoms with Gasteiger partial charge in [0, 0.05) is 0 Å². The molecule has 0 aliphatic carbocycles. The van der Waals surface area contributed by atoms with Gasteiger partial charge in [-0.05, 0) is 54.4 Å². The molecule has 8 nitrogen and oxygen atoms in total. The van der Waals surface area contributed by atoms with Crippen LogP contribution in [-0.2, 0) is 6.61 Å². The molecule has 0 bridgehead atoms. The Balaban J connectivity index is 0.000000320. The molecular weight excluding hydrogens is 448 g/mol. The molecule has 0 amide bonds. The lowest BCUT2D eigenvalue weighted by Gasteiger charge is -2.09. The number of nitro groups is 1. The van der Waals surface area contributed by atoms with Crippen LogP contribution in [0.1, 0.15) is 21.5 Å². The number of aromatic hydroxyl groups is 1. The molecule has 0 aromatic heterocycles. The molecule has 0 heterocycles. The number of benzene rings is 4. The van der Waals surface area contributed by atoms with Crippen LogP contribution in [0.4, 0.5) is 11.4 Å². The van der Waals surface area contributed by atoms with Gasteiger partial charge < -0.3 is 20.3 Å². The molecule has 4 aromatic rings. The van der Waals surface area contributed by atoms with Crippen molar-refractivity contribution in [2.75, 3.05) is 5.73 Å². The number of aryl methyl sites for hydroxylation is 1. The zero-order valence-electron chi connectivity index (χ0n) is 19.0. The van der Waals surface area contributed by atoms with Crippen molar-refractivity contribution in [2.24, 2.45) is 0 Å². The molecule has 8 heteroatoms. The van der Waals surface area contributed by atoms with Crippen molar-refractivity contribution in [2.45, 2.75) is 13.5 Å². The second-order valence-corrected chi connectivity index (χ2v) is 7.48. The van der Waals surface area contributed by atoms with Crippen molar-refractivity contribution < 1.29 is 24.3 Å². The van der Waals surface area contributed by atoms with Crippen LogP contribution in [0.3, 0.4) is 0 Å². The van der Waals surface area contributed by atoms with Crippen molar-refractivity contribution in [3.8, 4) is 17.2 Å². The number of phenols is 1. The molecule has 0 radical (unpaired) electrons. The van der Waals surface area contributed by atoms with Crippen LogP contribution in [0.15, 0.2) is 97.1 Å². The first kappa shape index (κ1) is 24.8. The number of hydrogen-bond acceptors (Lipinski definition) is 7. The highest BCUT2D eigenvalue weighted by molar-refractivity contribution is 5.91. The van der Waals surface area contributed by atoms with Crippen molar-refractivity contribution in [3.05, 3.63) is 124 Å². The number of carbonyl (C=O) groups is 1. The van der Waals surface area contributed by atoms with Crippen LogP contribution in [0.25, 0.3) is 0 Å². The molecule has 0 saturated carbocycles. The summed E-state index contributed by atoms with van der Waals surface area (Å²) in [6.45, 7) is 2.13. The molecule has 0 saturated heterocycles. The first-order chi connectivity index (χ1) is 16.8. The maximum absolute atomic E-state index is 12.1. The summed E-state index contributed by atoms with van der Waals surface area (Å²) < 4.78 is 10.8. The van der Waals surface area contributed by atoms with Crippen molar-refractivity contribution >= 4 is 17.3 Å². The Kier molecular flexibility index (Phi) is 8.39. The van der Waals surface area contributed by atoms with Crippen molar-refractivity contribution in [1.82, 2.24) is 0 Å². The maximum Gasteiger partial charge on any atom is 0.343 e. The summed E-state index contributed by atoms with van der Waals surface area (Å²) in [4.78, 5) is 22.8. The molecule has 4 rings (SSSR count). The van der Waals surface area contributed by atoms with E-state index in [1.54, 1.807) is 42.5 Å². The van der Waals surface area contributed by atoms with E-state index in [1.165, 1.54) is 18.2 Å². The van der Waals surface area contributed by atoms with Crippen molar-refractivity contribution in [1.29, 1.82) is 0 Å². The van der Waals surface area contributed by atoms with E-state index in [0.717, 1.165) is 11.1 Å². The maximum atomic E-state index is 12.1. The normalized spacial score (nSPS) is 9.97. The van der Waals surface area contributed by atoms with Gasteiger partial charge in [0.15, 0.2) is 5.75 Å². The topological polar surface area (TPSA) is 125 Å². The van der Waals surface area contributed by atoms with Gasteiger partial charge in [0.1, 0.15) is 18.1 Å². The Bertz CT molecular complexity index is 1290. The number of anilines is 1. The average molecular weight is 472 g/mol. The summed E-state index contributed by atoms with van der Waals surface area (Å²) in [6.07, 6.45) is 0. The number of ether oxygens (including phenoxy) is 2. The number of carbonyl (C=O) groups excluding carboxylic acids is 1. The predicted molar refractivity (Wildman–Crippen MR) is 133 cm³/mol. The van der Waals surface area contributed by atoms with E-state index in [0.29, 0.717) is 11.3 Å². The third-order valence-electron chi connectivity index (χ3n) is 4.77. The molecule has 0 aliphatic rings. The smallest absolute Gasteiger partial charge is 0.343 e. The van der Waals surface area contributed by atoms with Gasteiger partial charge >= 0.3 is 11.7 Å². The second kappa shape index (κ2) is 11.9. The lowest BCUT2D eigenvalue weighted by molar-refractivity contribution is -0.386. The van der Waals surface area contributed by atoms with E-state index in [4.69, 9.17) is 20.3 Å². The van der Waals surface area contributed by atoms with E-state index < -0.39 is 10.9 Å². The molecular formula is C27H24N2O6. The lowest BCUT2D eigenvalue weighted by Crippen LogP contribution is -2.08. The van der Waals surface area contributed by atoms with Gasteiger partial charge in [0.25, 0.3) is 0 Å². The molecule has 0 fully saturated rings.